The van der Waals surface area contributed by atoms with Crippen LogP contribution in [0.5, 0.6) is 11.5 Å². The van der Waals surface area contributed by atoms with Gasteiger partial charge in [0, 0.05) is 12.5 Å². The first-order valence-corrected chi connectivity index (χ1v) is 15.7. The molecule has 4 aliphatic rings. The van der Waals surface area contributed by atoms with Crippen molar-refractivity contribution >= 4 is 18.0 Å². The van der Waals surface area contributed by atoms with Gasteiger partial charge in [0.15, 0.2) is 11.5 Å². The van der Waals surface area contributed by atoms with Crippen molar-refractivity contribution in [1.29, 1.82) is 0 Å². The Morgan fingerprint density at radius 2 is 1.71 bits per heavy atom. The number of aliphatic hydroxyl groups excluding tert-OH is 2. The number of ether oxygens (including phenoxy) is 1. The topological polar surface area (TPSA) is 145 Å². The largest absolute Gasteiger partial charge is 0.504 e. The number of phenolic OH excluding ortho intramolecular Hbond substituents is 1. The molecule has 5 N–H and O–H groups in total. The van der Waals surface area contributed by atoms with Gasteiger partial charge in [-0.15, -0.1) is 0 Å². The Hall–Kier alpha value is -2.58. The number of carbonyl (C=O) groups is 2. The van der Waals surface area contributed by atoms with Crippen molar-refractivity contribution in [2.45, 2.75) is 97.2 Å². The van der Waals surface area contributed by atoms with E-state index in [-0.39, 0.29) is 35.2 Å². The van der Waals surface area contributed by atoms with Crippen LogP contribution in [0.3, 0.4) is 0 Å². The van der Waals surface area contributed by atoms with Crippen LogP contribution in [-0.2, 0) is 9.59 Å². The Balaban J connectivity index is 0.000000244. The summed E-state index contributed by atoms with van der Waals surface area (Å²) in [5.41, 5.74) is 1.18. The summed E-state index contributed by atoms with van der Waals surface area (Å²) in [6, 6.07) is 4.59. The maximum Gasteiger partial charge on any atom is 0.328 e. The molecular weight excluding hydrogens is 536 g/mol. The summed E-state index contributed by atoms with van der Waals surface area (Å²) in [5.74, 6) is 1.68. The highest BCUT2D eigenvalue weighted by Crippen LogP contribution is 2.68. The van der Waals surface area contributed by atoms with Crippen LogP contribution >= 0.6 is 0 Å². The summed E-state index contributed by atoms with van der Waals surface area (Å²) in [4.78, 5) is 21.3. The van der Waals surface area contributed by atoms with Gasteiger partial charge in [0.05, 0.1) is 19.3 Å². The first-order chi connectivity index (χ1) is 19.8. The summed E-state index contributed by atoms with van der Waals surface area (Å²) in [7, 11) is 1.43. The minimum Gasteiger partial charge on any atom is -0.504 e. The molecule has 0 spiro atoms. The van der Waals surface area contributed by atoms with Crippen LogP contribution in [0.2, 0.25) is 0 Å². The van der Waals surface area contributed by atoms with E-state index >= 15 is 0 Å². The highest BCUT2D eigenvalue weighted by atomic mass is 16.5. The van der Waals surface area contributed by atoms with Gasteiger partial charge in [0.25, 0.3) is 0 Å². The molecule has 0 aliphatic heterocycles. The molecule has 10 atom stereocenters. The van der Waals surface area contributed by atoms with Gasteiger partial charge in [0.1, 0.15) is 0 Å². The summed E-state index contributed by atoms with van der Waals surface area (Å²) >= 11 is 0. The maximum atomic E-state index is 11.2. The van der Waals surface area contributed by atoms with Gasteiger partial charge in [-0.2, -0.15) is 0 Å². The molecule has 1 aromatic carbocycles. The highest BCUT2D eigenvalue weighted by Gasteiger charge is 2.62. The molecule has 0 bridgehead atoms. The molecule has 3 unspecified atom stereocenters. The average molecular weight is 587 g/mol. The molecule has 0 radical (unpaired) electrons. The smallest absolute Gasteiger partial charge is 0.328 e. The van der Waals surface area contributed by atoms with E-state index in [1.807, 2.05) is 0 Å². The van der Waals surface area contributed by atoms with E-state index in [0.29, 0.717) is 46.8 Å². The number of hydrogen-bond acceptors (Lipinski definition) is 6. The van der Waals surface area contributed by atoms with Crippen LogP contribution in [0.25, 0.3) is 6.08 Å². The van der Waals surface area contributed by atoms with Gasteiger partial charge in [-0.3, -0.25) is 4.79 Å². The van der Waals surface area contributed by atoms with E-state index in [1.165, 1.54) is 44.9 Å². The van der Waals surface area contributed by atoms with E-state index in [4.69, 9.17) is 14.9 Å². The molecule has 234 valence electrons. The zero-order chi connectivity index (χ0) is 30.8. The first-order valence-electron chi connectivity index (χ1n) is 15.7. The molecule has 0 saturated heterocycles. The lowest BCUT2D eigenvalue weighted by Crippen LogP contribution is -2.58. The molecule has 8 heteroatoms. The lowest BCUT2D eigenvalue weighted by atomic mass is 9.43. The van der Waals surface area contributed by atoms with E-state index in [2.05, 4.69) is 20.8 Å². The maximum absolute atomic E-state index is 11.2. The molecular formula is C34H50O8. The highest BCUT2D eigenvalue weighted by molar-refractivity contribution is 5.85. The number of phenols is 1. The molecule has 1 aromatic rings. The summed E-state index contributed by atoms with van der Waals surface area (Å²) < 4.78 is 4.86. The fourth-order valence-corrected chi connectivity index (χ4v) is 9.69. The van der Waals surface area contributed by atoms with Gasteiger partial charge < -0.3 is 30.3 Å². The fourth-order valence-electron chi connectivity index (χ4n) is 9.69. The third-order valence-electron chi connectivity index (χ3n) is 11.9. The molecule has 0 aromatic heterocycles. The Kier molecular flexibility index (Phi) is 9.98. The number of aliphatic carboxylic acids is 2. The van der Waals surface area contributed by atoms with E-state index in [9.17, 15) is 24.9 Å². The second-order valence-electron chi connectivity index (χ2n) is 14.0. The molecule has 5 rings (SSSR count). The molecule has 4 aliphatic carbocycles. The minimum atomic E-state index is -1.02. The SMILES string of the molecule is COc1cc(/C=C/C(=O)O)ccc1O.C[C@H](CCC(=O)O)[C@H]1CCC2C3C(CC[C@@]21C)[C@@]1(C)CC[C@@H](O)C[C@H]1C[C@H]3O. The predicted octanol–water partition coefficient (Wildman–Crippen LogP) is 5.98. The van der Waals surface area contributed by atoms with Gasteiger partial charge in [-0.25, -0.2) is 4.79 Å². The van der Waals surface area contributed by atoms with Crippen molar-refractivity contribution < 1.29 is 39.9 Å². The van der Waals surface area contributed by atoms with Crippen LogP contribution in [0.1, 0.15) is 90.5 Å². The van der Waals surface area contributed by atoms with Gasteiger partial charge >= 0.3 is 11.9 Å². The number of aliphatic hydroxyl groups is 2. The lowest BCUT2D eigenvalue weighted by Gasteiger charge is -2.62. The molecule has 0 amide bonds. The zero-order valence-corrected chi connectivity index (χ0v) is 25.5. The van der Waals surface area contributed by atoms with Crippen LogP contribution in [0.15, 0.2) is 24.3 Å². The summed E-state index contributed by atoms with van der Waals surface area (Å²) in [6.45, 7) is 7.16. The van der Waals surface area contributed by atoms with Crippen molar-refractivity contribution in [2.75, 3.05) is 7.11 Å². The predicted molar refractivity (Wildman–Crippen MR) is 160 cm³/mol. The molecule has 4 saturated carbocycles. The standard InChI is InChI=1S/C24H40O4.C10H10O4/c1-14(4-7-21(27)28)17-5-6-18-22-19(9-11-24(17,18)3)23(2)10-8-16(25)12-15(23)13-20(22)26;1-14-9-6-7(2-4-8(9)11)3-5-10(12)13/h14-20,22,25-26H,4-13H2,1-3H3,(H,27,28);2-6,11H,1H3,(H,12,13)/b;5-3+/t14-,15+,16-,17-,18?,19?,20-,22?,23+,24-;/m1./s1. The quantitative estimate of drug-likeness (QED) is 0.246. The van der Waals surface area contributed by atoms with Crippen molar-refractivity contribution in [3.8, 4) is 11.5 Å². The number of fused-ring (bicyclic) bond motifs is 5. The van der Waals surface area contributed by atoms with Crippen molar-refractivity contribution in [2.24, 2.45) is 46.3 Å². The number of hydrogen-bond donors (Lipinski definition) is 5. The Labute approximate surface area is 249 Å². The van der Waals surface area contributed by atoms with Crippen molar-refractivity contribution in [3.05, 3.63) is 29.8 Å². The zero-order valence-electron chi connectivity index (χ0n) is 25.5. The second kappa shape index (κ2) is 13.0. The Bertz CT molecular complexity index is 1150. The lowest BCUT2D eigenvalue weighted by molar-refractivity contribution is -0.174. The number of benzene rings is 1. The summed E-state index contributed by atoms with van der Waals surface area (Å²) in [6.07, 6.45) is 11.6. The Morgan fingerprint density at radius 3 is 2.38 bits per heavy atom. The third-order valence-corrected chi connectivity index (χ3v) is 11.9. The third kappa shape index (κ3) is 6.49. The Morgan fingerprint density at radius 1 is 1.02 bits per heavy atom. The number of carboxylic acid groups (broad SMARTS) is 2. The van der Waals surface area contributed by atoms with E-state index in [1.54, 1.807) is 12.1 Å². The van der Waals surface area contributed by atoms with Gasteiger partial charge in [-0.05, 0) is 128 Å². The second-order valence-corrected chi connectivity index (χ2v) is 14.0. The first kappa shape index (κ1) is 32.3. The van der Waals surface area contributed by atoms with Crippen molar-refractivity contribution in [1.82, 2.24) is 0 Å². The van der Waals surface area contributed by atoms with Crippen LogP contribution in [0, 0.1) is 46.3 Å². The average Bonchev–Trinajstić information content (AvgIpc) is 3.29. The van der Waals surface area contributed by atoms with Crippen LogP contribution in [0.4, 0.5) is 0 Å². The molecule has 4 fully saturated rings. The monoisotopic (exact) mass is 586 g/mol. The number of aromatic hydroxyl groups is 1. The van der Waals surface area contributed by atoms with Gasteiger partial charge in [0.2, 0.25) is 0 Å². The van der Waals surface area contributed by atoms with Crippen molar-refractivity contribution in [3.63, 3.8) is 0 Å². The molecule has 0 heterocycles. The summed E-state index contributed by atoms with van der Waals surface area (Å²) in [5, 5.41) is 48.2. The van der Waals surface area contributed by atoms with E-state index in [0.717, 1.165) is 38.2 Å². The fraction of sp³-hybridized carbons (Fsp3) is 0.706. The molecule has 42 heavy (non-hydrogen) atoms. The van der Waals surface area contributed by atoms with Crippen LogP contribution in [-0.4, -0.2) is 56.8 Å². The van der Waals surface area contributed by atoms with Gasteiger partial charge in [-0.1, -0.05) is 26.8 Å². The normalized spacial score (nSPS) is 37.9. The minimum absolute atomic E-state index is 0.0278. The van der Waals surface area contributed by atoms with Crippen LogP contribution < -0.4 is 4.74 Å². The number of rotatable bonds is 7. The number of methoxy groups -OCH3 is 1. The number of carboxylic acids is 2. The van der Waals surface area contributed by atoms with E-state index < -0.39 is 11.9 Å². The molecule has 8 nitrogen and oxygen atoms in total.